The van der Waals surface area contributed by atoms with Crippen LogP contribution in [0.25, 0.3) is 11.7 Å². The fraction of sp³-hybridized carbons (Fsp3) is 0.478. The van der Waals surface area contributed by atoms with Gasteiger partial charge in [-0.15, -0.1) is 0 Å². The molecule has 2 aromatic heterocycles. The minimum Gasteiger partial charge on any atom is -0.355 e. The van der Waals surface area contributed by atoms with E-state index in [1.54, 1.807) is 21.6 Å². The van der Waals surface area contributed by atoms with Crippen molar-refractivity contribution >= 4 is 51.7 Å². The molecule has 2 aliphatic rings. The van der Waals surface area contributed by atoms with Crippen LogP contribution in [0.2, 0.25) is 0 Å². The Kier molecular flexibility index (Phi) is 6.21. The number of rotatable bonds is 4. The van der Waals surface area contributed by atoms with Crippen LogP contribution in [0.5, 0.6) is 0 Å². The molecule has 2 aliphatic heterocycles. The van der Waals surface area contributed by atoms with Gasteiger partial charge in [0.2, 0.25) is 0 Å². The molecule has 4 rings (SSSR count). The van der Waals surface area contributed by atoms with Crippen LogP contribution in [0.4, 0.5) is 5.82 Å². The average molecular weight is 457 g/mol. The number of carbonyl (C=O) groups is 1. The number of fused-ring (bicyclic) bond motifs is 1. The summed E-state index contributed by atoms with van der Waals surface area (Å²) in [6.45, 7) is 10.7. The minimum absolute atomic E-state index is 0.128. The summed E-state index contributed by atoms with van der Waals surface area (Å²) >= 11 is 6.67. The van der Waals surface area contributed by atoms with E-state index in [0.717, 1.165) is 31.5 Å². The highest BCUT2D eigenvalue weighted by atomic mass is 32.2. The highest BCUT2D eigenvalue weighted by Crippen LogP contribution is 2.34. The summed E-state index contributed by atoms with van der Waals surface area (Å²) in [6, 6.07) is 3.81. The van der Waals surface area contributed by atoms with Gasteiger partial charge in [0.25, 0.3) is 11.5 Å². The van der Waals surface area contributed by atoms with Crippen LogP contribution in [0.3, 0.4) is 0 Å². The summed E-state index contributed by atoms with van der Waals surface area (Å²) in [5.41, 5.74) is 1.90. The summed E-state index contributed by atoms with van der Waals surface area (Å²) in [4.78, 5) is 35.8. The number of hydrogen-bond donors (Lipinski definition) is 0. The zero-order chi connectivity index (χ0) is 22.3. The van der Waals surface area contributed by atoms with Crippen molar-refractivity contribution in [3.8, 4) is 0 Å². The van der Waals surface area contributed by atoms with Crippen molar-refractivity contribution in [2.75, 3.05) is 24.5 Å². The Labute approximate surface area is 192 Å². The molecule has 8 heteroatoms. The molecule has 0 aliphatic carbocycles. The fourth-order valence-corrected chi connectivity index (χ4v) is 5.84. The minimum atomic E-state index is -0.157. The van der Waals surface area contributed by atoms with E-state index >= 15 is 0 Å². The van der Waals surface area contributed by atoms with E-state index < -0.39 is 0 Å². The molecule has 0 saturated carbocycles. The molecule has 4 heterocycles. The standard InChI is InChI=1S/C23H28N4O2S2/c1-5-8-27-22(29)18(31-23(27)30)11-17-20(25-12-14(2)10-15(3)13-25)24-19-16(4)7-6-9-26(19)21(17)28/h6-7,9,11,14-15H,5,8,10,12-13H2,1-4H3/b18-11+/t14-,15-/m0/s1. The number of thiocarbonyl (C=S) groups is 1. The molecule has 0 N–H and O–H groups in total. The number of thioether (sulfide) groups is 1. The van der Waals surface area contributed by atoms with Gasteiger partial charge in [-0.05, 0) is 49.3 Å². The van der Waals surface area contributed by atoms with Gasteiger partial charge < -0.3 is 4.90 Å². The molecule has 0 bridgehead atoms. The Morgan fingerprint density at radius 3 is 2.65 bits per heavy atom. The SMILES string of the molecule is CCCN1C(=O)/C(=C\c2c(N3C[C@@H](C)C[C@H](C)C3)nc3c(C)cccn3c2=O)SC1=S. The van der Waals surface area contributed by atoms with Crippen LogP contribution < -0.4 is 10.5 Å². The zero-order valence-corrected chi connectivity index (χ0v) is 20.1. The largest absolute Gasteiger partial charge is 0.355 e. The van der Waals surface area contributed by atoms with E-state index in [1.165, 1.54) is 11.8 Å². The fourth-order valence-electron chi connectivity index (χ4n) is 4.55. The number of pyridine rings is 1. The first-order valence-corrected chi connectivity index (χ1v) is 12.0. The molecule has 2 fully saturated rings. The first-order chi connectivity index (χ1) is 14.8. The Morgan fingerprint density at radius 2 is 1.97 bits per heavy atom. The topological polar surface area (TPSA) is 57.9 Å². The van der Waals surface area contributed by atoms with Crippen molar-refractivity contribution < 1.29 is 4.79 Å². The maximum absolute atomic E-state index is 13.6. The Balaban J connectivity index is 1.89. The predicted octanol–water partition coefficient (Wildman–Crippen LogP) is 4.10. The molecular weight excluding hydrogens is 428 g/mol. The molecule has 164 valence electrons. The third kappa shape index (κ3) is 4.15. The van der Waals surface area contributed by atoms with Gasteiger partial charge in [0.1, 0.15) is 15.8 Å². The first-order valence-electron chi connectivity index (χ1n) is 10.8. The van der Waals surface area contributed by atoms with Crippen LogP contribution in [0, 0.1) is 18.8 Å². The number of amides is 1. The number of nitrogens with zero attached hydrogens (tertiary/aromatic N) is 4. The van der Waals surface area contributed by atoms with Crippen molar-refractivity contribution in [3.05, 3.63) is 44.7 Å². The van der Waals surface area contributed by atoms with Crippen molar-refractivity contribution in [1.29, 1.82) is 0 Å². The van der Waals surface area contributed by atoms with Gasteiger partial charge in [-0.3, -0.25) is 18.9 Å². The lowest BCUT2D eigenvalue weighted by molar-refractivity contribution is -0.122. The second-order valence-corrected chi connectivity index (χ2v) is 10.4. The van der Waals surface area contributed by atoms with Crippen LogP contribution in [0.1, 0.15) is 44.7 Å². The van der Waals surface area contributed by atoms with Crippen molar-refractivity contribution in [2.45, 2.75) is 40.5 Å². The van der Waals surface area contributed by atoms with Crippen molar-refractivity contribution in [2.24, 2.45) is 11.8 Å². The molecule has 0 aromatic carbocycles. The maximum Gasteiger partial charge on any atom is 0.267 e. The summed E-state index contributed by atoms with van der Waals surface area (Å²) in [6.07, 6.45) is 5.43. The van der Waals surface area contributed by atoms with Gasteiger partial charge in [-0.1, -0.05) is 50.8 Å². The van der Waals surface area contributed by atoms with E-state index in [1.807, 2.05) is 26.0 Å². The van der Waals surface area contributed by atoms with Gasteiger partial charge >= 0.3 is 0 Å². The summed E-state index contributed by atoms with van der Waals surface area (Å²) in [7, 11) is 0. The molecule has 2 aromatic rings. The average Bonchev–Trinajstić information content (AvgIpc) is 2.97. The number of aromatic nitrogens is 2. The number of aryl methyl sites for hydroxylation is 1. The quantitative estimate of drug-likeness (QED) is 0.510. The van der Waals surface area contributed by atoms with E-state index in [9.17, 15) is 9.59 Å². The molecule has 1 amide bonds. The second-order valence-electron chi connectivity index (χ2n) is 8.72. The van der Waals surface area contributed by atoms with Crippen LogP contribution in [-0.2, 0) is 4.79 Å². The highest BCUT2D eigenvalue weighted by molar-refractivity contribution is 8.26. The maximum atomic E-state index is 13.6. The number of hydrogen-bond acceptors (Lipinski definition) is 6. The summed E-state index contributed by atoms with van der Waals surface area (Å²) in [5.74, 6) is 1.56. The van der Waals surface area contributed by atoms with Crippen LogP contribution in [-0.4, -0.2) is 44.1 Å². The lowest BCUT2D eigenvalue weighted by Crippen LogP contribution is -2.40. The lowest BCUT2D eigenvalue weighted by atomic mass is 9.91. The van der Waals surface area contributed by atoms with Crippen molar-refractivity contribution in [3.63, 3.8) is 0 Å². The first kappa shape index (κ1) is 22.0. The Bertz CT molecular complexity index is 1130. The molecule has 0 radical (unpaired) electrons. The van der Waals surface area contributed by atoms with Crippen LogP contribution >= 0.6 is 24.0 Å². The van der Waals surface area contributed by atoms with E-state index in [-0.39, 0.29) is 11.5 Å². The third-order valence-corrected chi connectivity index (χ3v) is 7.21. The lowest BCUT2D eigenvalue weighted by Gasteiger charge is -2.36. The predicted molar refractivity (Wildman–Crippen MR) is 132 cm³/mol. The molecule has 2 atom stereocenters. The summed E-state index contributed by atoms with van der Waals surface area (Å²) in [5, 5.41) is 0. The van der Waals surface area contributed by atoms with E-state index in [0.29, 0.717) is 44.6 Å². The third-order valence-electron chi connectivity index (χ3n) is 5.83. The molecule has 6 nitrogen and oxygen atoms in total. The van der Waals surface area contributed by atoms with E-state index in [2.05, 4.69) is 18.7 Å². The van der Waals surface area contributed by atoms with Crippen LogP contribution in [0.15, 0.2) is 28.0 Å². The number of piperidine rings is 1. The number of carbonyl (C=O) groups excluding carboxylic acids is 1. The second kappa shape index (κ2) is 8.74. The summed E-state index contributed by atoms with van der Waals surface area (Å²) < 4.78 is 2.12. The Morgan fingerprint density at radius 1 is 1.26 bits per heavy atom. The number of anilines is 1. The Hall–Kier alpha value is -2.19. The molecule has 2 saturated heterocycles. The smallest absolute Gasteiger partial charge is 0.267 e. The van der Waals surface area contributed by atoms with Gasteiger partial charge in [-0.2, -0.15) is 0 Å². The van der Waals surface area contributed by atoms with Gasteiger partial charge in [0.15, 0.2) is 0 Å². The van der Waals surface area contributed by atoms with Gasteiger partial charge in [0.05, 0.1) is 10.5 Å². The molecule has 0 spiro atoms. The van der Waals surface area contributed by atoms with E-state index in [4.69, 9.17) is 17.2 Å². The van der Waals surface area contributed by atoms with Gasteiger partial charge in [-0.25, -0.2) is 4.98 Å². The normalized spacial score (nSPS) is 23.4. The van der Waals surface area contributed by atoms with Crippen molar-refractivity contribution in [1.82, 2.24) is 14.3 Å². The van der Waals surface area contributed by atoms with Gasteiger partial charge in [0, 0.05) is 25.8 Å². The molecule has 31 heavy (non-hydrogen) atoms. The monoisotopic (exact) mass is 456 g/mol. The zero-order valence-electron chi connectivity index (χ0n) is 18.4. The highest BCUT2D eigenvalue weighted by Gasteiger charge is 2.33. The molecule has 0 unspecified atom stereocenters. The molecular formula is C23H28N4O2S2.